The molecule has 108 valence electrons. The molecule has 0 aliphatic heterocycles. The molecule has 1 N–H and O–H groups in total. The van der Waals surface area contributed by atoms with Crippen molar-refractivity contribution < 1.29 is 4.42 Å². The van der Waals surface area contributed by atoms with E-state index in [0.29, 0.717) is 0 Å². The van der Waals surface area contributed by atoms with E-state index in [0.717, 1.165) is 34.5 Å². The number of aromatic nitrogens is 1. The van der Waals surface area contributed by atoms with Gasteiger partial charge in [-0.3, -0.25) is 4.98 Å². The van der Waals surface area contributed by atoms with Crippen LogP contribution in [0.2, 0.25) is 0 Å². The van der Waals surface area contributed by atoms with E-state index in [1.165, 1.54) is 5.56 Å². The standard InChI is InChI=1S/C18H20N2O/c1-4-19-18(14-7-6-13(3)20-11-14)17-10-15-9-12(2)5-8-16(15)21-17/h5-11,18-19H,4H2,1-3H3. The second-order valence-corrected chi connectivity index (χ2v) is 5.41. The average molecular weight is 280 g/mol. The lowest BCUT2D eigenvalue weighted by molar-refractivity contribution is 0.476. The first-order valence-electron chi connectivity index (χ1n) is 7.33. The van der Waals surface area contributed by atoms with Crippen LogP contribution in [0, 0.1) is 13.8 Å². The molecule has 0 saturated heterocycles. The summed E-state index contributed by atoms with van der Waals surface area (Å²) in [6.07, 6.45) is 1.92. The first-order chi connectivity index (χ1) is 10.2. The molecular weight excluding hydrogens is 260 g/mol. The summed E-state index contributed by atoms with van der Waals surface area (Å²) in [5, 5.41) is 4.62. The summed E-state index contributed by atoms with van der Waals surface area (Å²) in [5.74, 6) is 0.933. The molecule has 0 aliphatic rings. The highest BCUT2D eigenvalue weighted by molar-refractivity contribution is 5.78. The number of nitrogens with one attached hydrogen (secondary N) is 1. The number of rotatable bonds is 4. The van der Waals surface area contributed by atoms with Crippen molar-refractivity contribution >= 4 is 11.0 Å². The number of benzene rings is 1. The van der Waals surface area contributed by atoms with E-state index in [-0.39, 0.29) is 6.04 Å². The number of pyridine rings is 1. The van der Waals surface area contributed by atoms with E-state index in [1.807, 2.05) is 25.3 Å². The van der Waals surface area contributed by atoms with Crippen LogP contribution in [0.5, 0.6) is 0 Å². The number of aryl methyl sites for hydroxylation is 2. The molecule has 1 atom stereocenters. The smallest absolute Gasteiger partial charge is 0.134 e. The normalized spacial score (nSPS) is 12.7. The summed E-state index contributed by atoms with van der Waals surface area (Å²) in [6, 6.07) is 12.6. The van der Waals surface area contributed by atoms with Gasteiger partial charge in [0.25, 0.3) is 0 Å². The Hall–Kier alpha value is -2.13. The SMILES string of the molecule is CCNC(c1ccc(C)nc1)c1cc2cc(C)ccc2o1. The van der Waals surface area contributed by atoms with Gasteiger partial charge in [0.15, 0.2) is 0 Å². The minimum Gasteiger partial charge on any atom is -0.459 e. The molecule has 0 spiro atoms. The molecule has 2 heterocycles. The topological polar surface area (TPSA) is 38.1 Å². The molecule has 21 heavy (non-hydrogen) atoms. The van der Waals surface area contributed by atoms with Gasteiger partial charge in [-0.05, 0) is 50.2 Å². The van der Waals surface area contributed by atoms with Gasteiger partial charge in [-0.25, -0.2) is 0 Å². The molecule has 1 aromatic carbocycles. The Morgan fingerprint density at radius 2 is 2.00 bits per heavy atom. The lowest BCUT2D eigenvalue weighted by Crippen LogP contribution is -2.21. The van der Waals surface area contributed by atoms with Crippen LogP contribution >= 0.6 is 0 Å². The van der Waals surface area contributed by atoms with Gasteiger partial charge in [0.1, 0.15) is 11.3 Å². The number of fused-ring (bicyclic) bond motifs is 1. The highest BCUT2D eigenvalue weighted by Crippen LogP contribution is 2.28. The van der Waals surface area contributed by atoms with Crippen LogP contribution in [0.15, 0.2) is 47.0 Å². The second kappa shape index (κ2) is 5.70. The Bertz CT molecular complexity index is 744. The maximum atomic E-state index is 6.03. The van der Waals surface area contributed by atoms with Crippen LogP contribution in [0.25, 0.3) is 11.0 Å². The van der Waals surface area contributed by atoms with Crippen LogP contribution in [-0.4, -0.2) is 11.5 Å². The molecule has 3 aromatic rings. The molecule has 3 nitrogen and oxygen atoms in total. The predicted molar refractivity (Wildman–Crippen MR) is 85.4 cm³/mol. The quantitative estimate of drug-likeness (QED) is 0.780. The summed E-state index contributed by atoms with van der Waals surface area (Å²) in [4.78, 5) is 4.39. The fourth-order valence-electron chi connectivity index (χ4n) is 2.56. The second-order valence-electron chi connectivity index (χ2n) is 5.41. The van der Waals surface area contributed by atoms with Gasteiger partial charge >= 0.3 is 0 Å². The van der Waals surface area contributed by atoms with Crippen molar-refractivity contribution in [3.8, 4) is 0 Å². The third-order valence-electron chi connectivity index (χ3n) is 3.65. The van der Waals surface area contributed by atoms with E-state index in [4.69, 9.17) is 4.42 Å². The summed E-state index contributed by atoms with van der Waals surface area (Å²) < 4.78 is 6.03. The zero-order chi connectivity index (χ0) is 14.8. The third kappa shape index (κ3) is 2.83. The molecular formula is C18H20N2O. The Morgan fingerprint density at radius 1 is 1.14 bits per heavy atom. The highest BCUT2D eigenvalue weighted by atomic mass is 16.3. The molecule has 0 radical (unpaired) electrons. The Balaban J connectivity index is 2.04. The summed E-state index contributed by atoms with van der Waals surface area (Å²) >= 11 is 0. The zero-order valence-corrected chi connectivity index (χ0v) is 12.7. The Labute approximate surface area is 125 Å². The van der Waals surface area contributed by atoms with Gasteiger partial charge in [-0.2, -0.15) is 0 Å². The van der Waals surface area contributed by atoms with Gasteiger partial charge in [-0.15, -0.1) is 0 Å². The molecule has 3 rings (SSSR count). The van der Waals surface area contributed by atoms with Crippen molar-refractivity contribution in [2.45, 2.75) is 26.8 Å². The average Bonchev–Trinajstić information content (AvgIpc) is 2.88. The predicted octanol–water partition coefficient (Wildman–Crippen LogP) is 4.14. The lowest BCUT2D eigenvalue weighted by Gasteiger charge is -2.15. The molecule has 0 fully saturated rings. The van der Waals surface area contributed by atoms with Crippen LogP contribution in [0.4, 0.5) is 0 Å². The molecule has 3 heteroatoms. The van der Waals surface area contributed by atoms with Crippen molar-refractivity contribution in [3.05, 3.63) is 65.2 Å². The highest BCUT2D eigenvalue weighted by Gasteiger charge is 2.18. The fraction of sp³-hybridized carbons (Fsp3) is 0.278. The monoisotopic (exact) mass is 280 g/mol. The molecule has 0 aliphatic carbocycles. The van der Waals surface area contributed by atoms with Gasteiger partial charge in [0.2, 0.25) is 0 Å². The minimum atomic E-state index is 0.0378. The van der Waals surface area contributed by atoms with E-state index < -0.39 is 0 Å². The Kier molecular flexibility index (Phi) is 3.76. The van der Waals surface area contributed by atoms with Gasteiger partial charge in [0, 0.05) is 17.3 Å². The molecule has 1 unspecified atom stereocenters. The number of hydrogen-bond donors (Lipinski definition) is 1. The van der Waals surface area contributed by atoms with Gasteiger partial charge in [-0.1, -0.05) is 24.6 Å². The number of hydrogen-bond acceptors (Lipinski definition) is 3. The van der Waals surface area contributed by atoms with E-state index >= 15 is 0 Å². The zero-order valence-electron chi connectivity index (χ0n) is 12.7. The van der Waals surface area contributed by atoms with Crippen molar-refractivity contribution in [2.75, 3.05) is 6.54 Å². The van der Waals surface area contributed by atoms with Crippen molar-refractivity contribution in [1.29, 1.82) is 0 Å². The van der Waals surface area contributed by atoms with Crippen LogP contribution in [0.3, 0.4) is 0 Å². The van der Waals surface area contributed by atoms with Crippen LogP contribution < -0.4 is 5.32 Å². The van der Waals surface area contributed by atoms with Gasteiger partial charge < -0.3 is 9.73 Å². The first kappa shape index (κ1) is 13.8. The maximum Gasteiger partial charge on any atom is 0.134 e. The summed E-state index contributed by atoms with van der Waals surface area (Å²) in [6.45, 7) is 7.06. The Morgan fingerprint density at radius 3 is 2.71 bits per heavy atom. The molecule has 0 bridgehead atoms. The number of nitrogens with zero attached hydrogens (tertiary/aromatic N) is 1. The van der Waals surface area contributed by atoms with E-state index in [2.05, 4.69) is 48.4 Å². The fourth-order valence-corrected chi connectivity index (χ4v) is 2.56. The largest absolute Gasteiger partial charge is 0.459 e. The summed E-state index contributed by atoms with van der Waals surface area (Å²) in [5.41, 5.74) is 4.32. The number of furan rings is 1. The van der Waals surface area contributed by atoms with Crippen molar-refractivity contribution in [2.24, 2.45) is 0 Å². The van der Waals surface area contributed by atoms with E-state index in [1.54, 1.807) is 0 Å². The maximum absolute atomic E-state index is 6.03. The first-order valence-corrected chi connectivity index (χ1v) is 7.33. The minimum absolute atomic E-state index is 0.0378. The molecule has 2 aromatic heterocycles. The van der Waals surface area contributed by atoms with Crippen molar-refractivity contribution in [3.63, 3.8) is 0 Å². The molecule has 0 saturated carbocycles. The molecule has 0 amide bonds. The van der Waals surface area contributed by atoms with Crippen LogP contribution in [0.1, 0.15) is 35.5 Å². The lowest BCUT2D eigenvalue weighted by atomic mass is 10.1. The van der Waals surface area contributed by atoms with Crippen LogP contribution in [-0.2, 0) is 0 Å². The van der Waals surface area contributed by atoms with Gasteiger partial charge in [0.05, 0.1) is 6.04 Å². The third-order valence-corrected chi connectivity index (χ3v) is 3.65. The van der Waals surface area contributed by atoms with Crippen molar-refractivity contribution in [1.82, 2.24) is 10.3 Å². The van der Waals surface area contributed by atoms with E-state index in [9.17, 15) is 0 Å². The summed E-state index contributed by atoms with van der Waals surface area (Å²) in [7, 11) is 0.